The van der Waals surface area contributed by atoms with Crippen LogP contribution in [0.4, 0.5) is 5.69 Å². The maximum absolute atomic E-state index is 12.9. The number of rotatable bonds is 3. The Hall–Kier alpha value is -2.41. The number of anilines is 1. The zero-order valence-electron chi connectivity index (χ0n) is 15.6. The lowest BCUT2D eigenvalue weighted by atomic mass is 10.1. The minimum Gasteiger partial charge on any atom is -0.372 e. The van der Waals surface area contributed by atoms with Crippen molar-refractivity contribution in [1.82, 2.24) is 25.0 Å². The summed E-state index contributed by atoms with van der Waals surface area (Å²) < 4.78 is 2.20. The van der Waals surface area contributed by atoms with E-state index in [1.54, 1.807) is 0 Å². The van der Waals surface area contributed by atoms with Gasteiger partial charge in [0, 0.05) is 37.4 Å². The molecule has 1 atom stereocenters. The van der Waals surface area contributed by atoms with Crippen LogP contribution < -0.4 is 10.2 Å². The summed E-state index contributed by atoms with van der Waals surface area (Å²) in [5.74, 6) is 2.01. The molecule has 2 fully saturated rings. The number of carbonyl (C=O) groups excluding carboxylic acids is 1. The fourth-order valence-electron chi connectivity index (χ4n) is 4.49. The van der Waals surface area contributed by atoms with E-state index in [0.29, 0.717) is 19.1 Å². The van der Waals surface area contributed by atoms with Gasteiger partial charge in [0.1, 0.15) is 5.82 Å². The molecule has 0 bridgehead atoms. The van der Waals surface area contributed by atoms with Crippen LogP contribution >= 0.6 is 0 Å². The van der Waals surface area contributed by atoms with Gasteiger partial charge in [-0.05, 0) is 56.5 Å². The predicted molar refractivity (Wildman–Crippen MR) is 103 cm³/mol. The Bertz CT molecular complexity index is 817. The van der Waals surface area contributed by atoms with Gasteiger partial charge in [0.2, 0.25) is 0 Å². The molecule has 1 aromatic carbocycles. The van der Waals surface area contributed by atoms with E-state index in [4.69, 9.17) is 0 Å². The minimum atomic E-state index is 0.0813. The van der Waals surface area contributed by atoms with Crippen molar-refractivity contribution in [2.75, 3.05) is 31.1 Å². The Morgan fingerprint density at radius 3 is 2.56 bits per heavy atom. The lowest BCUT2D eigenvalue weighted by Crippen LogP contribution is -2.39. The number of fused-ring (bicyclic) bond motifs is 1. The van der Waals surface area contributed by atoms with E-state index in [1.165, 1.54) is 24.9 Å². The molecular formula is C20H26N6O. The Balaban J connectivity index is 1.29. The standard InChI is InChI=1S/C20H26N6O/c27-20(15-5-7-16(8-6-15)24-10-1-2-11-24)25-12-13-26-18(14-25)22-23-19(26)17-4-3-9-21-17/h5-8,17,21H,1-4,9-14H2. The number of carbonyl (C=O) groups is 1. The maximum Gasteiger partial charge on any atom is 0.254 e. The van der Waals surface area contributed by atoms with Gasteiger partial charge in [-0.2, -0.15) is 0 Å². The molecule has 2 saturated heterocycles. The molecule has 3 aliphatic heterocycles. The Kier molecular flexibility index (Phi) is 4.32. The Morgan fingerprint density at radius 2 is 1.81 bits per heavy atom. The van der Waals surface area contributed by atoms with E-state index in [1.807, 2.05) is 17.0 Å². The average Bonchev–Trinajstić information content (AvgIpc) is 3.48. The van der Waals surface area contributed by atoms with Crippen LogP contribution in [0.5, 0.6) is 0 Å². The summed E-state index contributed by atoms with van der Waals surface area (Å²) in [6.07, 6.45) is 4.82. The van der Waals surface area contributed by atoms with Gasteiger partial charge in [0.05, 0.1) is 12.6 Å². The second-order valence-corrected chi connectivity index (χ2v) is 7.74. The van der Waals surface area contributed by atoms with Crippen LogP contribution in [0.3, 0.4) is 0 Å². The molecule has 1 aromatic heterocycles. The van der Waals surface area contributed by atoms with Gasteiger partial charge >= 0.3 is 0 Å². The molecule has 1 amide bonds. The van der Waals surface area contributed by atoms with Crippen molar-refractivity contribution in [2.45, 2.75) is 44.8 Å². The number of nitrogens with one attached hydrogen (secondary N) is 1. The van der Waals surface area contributed by atoms with Crippen LogP contribution in [-0.2, 0) is 13.1 Å². The van der Waals surface area contributed by atoms with Gasteiger partial charge in [-0.3, -0.25) is 4.79 Å². The molecular weight excluding hydrogens is 340 g/mol. The van der Waals surface area contributed by atoms with Gasteiger partial charge in [0.15, 0.2) is 5.82 Å². The third kappa shape index (κ3) is 3.10. The summed E-state index contributed by atoms with van der Waals surface area (Å²) in [4.78, 5) is 17.2. The number of hydrogen-bond acceptors (Lipinski definition) is 5. The van der Waals surface area contributed by atoms with E-state index >= 15 is 0 Å². The third-order valence-corrected chi connectivity index (χ3v) is 6.03. The Labute approximate surface area is 159 Å². The highest BCUT2D eigenvalue weighted by molar-refractivity contribution is 5.94. The normalized spacial score (nSPS) is 22.3. The number of amides is 1. The average molecular weight is 366 g/mol. The van der Waals surface area contributed by atoms with Crippen molar-refractivity contribution in [3.05, 3.63) is 41.5 Å². The second kappa shape index (κ2) is 6.96. The molecule has 0 saturated carbocycles. The summed E-state index contributed by atoms with van der Waals surface area (Å²) in [6, 6.07) is 8.39. The molecule has 7 nitrogen and oxygen atoms in total. The summed E-state index contributed by atoms with van der Waals surface area (Å²) in [5, 5.41) is 12.3. The van der Waals surface area contributed by atoms with Crippen molar-refractivity contribution < 1.29 is 4.79 Å². The van der Waals surface area contributed by atoms with Crippen molar-refractivity contribution in [2.24, 2.45) is 0 Å². The SMILES string of the molecule is O=C(c1ccc(N2CCCC2)cc1)N1CCn2c(nnc2C2CCCN2)C1. The van der Waals surface area contributed by atoms with Gasteiger partial charge in [-0.1, -0.05) is 0 Å². The molecule has 4 heterocycles. The van der Waals surface area contributed by atoms with E-state index in [9.17, 15) is 4.79 Å². The van der Waals surface area contributed by atoms with Crippen LogP contribution in [-0.4, -0.2) is 51.8 Å². The lowest BCUT2D eigenvalue weighted by molar-refractivity contribution is 0.0706. The zero-order chi connectivity index (χ0) is 18.2. The monoisotopic (exact) mass is 366 g/mol. The molecule has 3 aliphatic rings. The second-order valence-electron chi connectivity index (χ2n) is 7.74. The van der Waals surface area contributed by atoms with E-state index in [2.05, 4.69) is 37.1 Å². The van der Waals surface area contributed by atoms with Crippen LogP contribution in [0, 0.1) is 0 Å². The molecule has 5 rings (SSSR count). The molecule has 7 heteroatoms. The van der Waals surface area contributed by atoms with Crippen LogP contribution in [0.15, 0.2) is 24.3 Å². The molecule has 1 unspecified atom stereocenters. The topological polar surface area (TPSA) is 66.3 Å². The summed E-state index contributed by atoms with van der Waals surface area (Å²) in [7, 11) is 0. The van der Waals surface area contributed by atoms with Crippen molar-refractivity contribution in [3.63, 3.8) is 0 Å². The van der Waals surface area contributed by atoms with Crippen LogP contribution in [0.1, 0.15) is 53.7 Å². The lowest BCUT2D eigenvalue weighted by Gasteiger charge is -2.28. The first kappa shape index (κ1) is 16.7. The van der Waals surface area contributed by atoms with Gasteiger partial charge in [-0.15, -0.1) is 10.2 Å². The highest BCUT2D eigenvalue weighted by Gasteiger charge is 2.29. The molecule has 142 valence electrons. The first-order valence-electron chi connectivity index (χ1n) is 10.1. The molecule has 0 radical (unpaired) electrons. The van der Waals surface area contributed by atoms with E-state index in [0.717, 1.165) is 49.8 Å². The summed E-state index contributed by atoms with van der Waals surface area (Å²) in [6.45, 7) is 5.29. The smallest absolute Gasteiger partial charge is 0.254 e. The number of aromatic nitrogens is 3. The van der Waals surface area contributed by atoms with Crippen molar-refractivity contribution in [3.8, 4) is 0 Å². The highest BCUT2D eigenvalue weighted by Crippen LogP contribution is 2.25. The quantitative estimate of drug-likeness (QED) is 0.900. The summed E-state index contributed by atoms with van der Waals surface area (Å²) in [5.41, 5.74) is 1.97. The number of benzene rings is 1. The summed E-state index contributed by atoms with van der Waals surface area (Å²) >= 11 is 0. The van der Waals surface area contributed by atoms with Crippen molar-refractivity contribution in [1.29, 1.82) is 0 Å². The number of nitrogens with zero attached hydrogens (tertiary/aromatic N) is 5. The van der Waals surface area contributed by atoms with E-state index in [-0.39, 0.29) is 5.91 Å². The fraction of sp³-hybridized carbons (Fsp3) is 0.550. The molecule has 0 spiro atoms. The Morgan fingerprint density at radius 1 is 1.00 bits per heavy atom. The van der Waals surface area contributed by atoms with Crippen molar-refractivity contribution >= 4 is 11.6 Å². The zero-order valence-corrected chi connectivity index (χ0v) is 15.6. The molecule has 0 aliphatic carbocycles. The highest BCUT2D eigenvalue weighted by atomic mass is 16.2. The third-order valence-electron chi connectivity index (χ3n) is 6.03. The first-order chi connectivity index (χ1) is 13.3. The fourth-order valence-corrected chi connectivity index (χ4v) is 4.49. The molecule has 27 heavy (non-hydrogen) atoms. The number of hydrogen-bond donors (Lipinski definition) is 1. The minimum absolute atomic E-state index is 0.0813. The van der Waals surface area contributed by atoms with Crippen LogP contribution in [0.2, 0.25) is 0 Å². The van der Waals surface area contributed by atoms with E-state index < -0.39 is 0 Å². The first-order valence-corrected chi connectivity index (χ1v) is 10.1. The molecule has 2 aromatic rings. The molecule has 1 N–H and O–H groups in total. The van der Waals surface area contributed by atoms with Gasteiger partial charge in [-0.25, -0.2) is 0 Å². The van der Waals surface area contributed by atoms with Gasteiger partial charge < -0.3 is 19.7 Å². The largest absolute Gasteiger partial charge is 0.372 e. The van der Waals surface area contributed by atoms with Crippen LogP contribution in [0.25, 0.3) is 0 Å². The predicted octanol–water partition coefficient (Wildman–Crippen LogP) is 1.96. The maximum atomic E-state index is 12.9. The van der Waals surface area contributed by atoms with Gasteiger partial charge in [0.25, 0.3) is 5.91 Å².